The molecule has 28 heavy (non-hydrogen) atoms. The summed E-state index contributed by atoms with van der Waals surface area (Å²) < 4.78 is 30.3. The number of anilines is 1. The first-order valence-electron chi connectivity index (χ1n) is 9.15. The van der Waals surface area contributed by atoms with Crippen LogP contribution in [0.3, 0.4) is 0 Å². The van der Waals surface area contributed by atoms with Crippen LogP contribution < -0.4 is 15.4 Å². The molecule has 148 valence electrons. The SMILES string of the molecule is COc1ccc(CN(CCC2OCC(N)CO2)c2ccc(C#N)cc2)cc1F. The molecule has 0 spiro atoms. The topological polar surface area (TPSA) is 80.7 Å². The molecule has 2 aromatic rings. The average Bonchev–Trinajstić information content (AvgIpc) is 2.72. The van der Waals surface area contributed by atoms with Crippen molar-refractivity contribution < 1.29 is 18.6 Å². The normalized spacial score (nSPS) is 19.1. The van der Waals surface area contributed by atoms with Crippen molar-refractivity contribution in [2.45, 2.75) is 25.3 Å². The van der Waals surface area contributed by atoms with Crippen LogP contribution >= 0.6 is 0 Å². The standard InChI is InChI=1S/C21H24FN3O3/c1-26-20-7-4-16(10-19(20)22)12-25(18-5-2-15(11-23)3-6-18)9-8-21-27-13-17(24)14-28-21/h2-7,10,17,21H,8-9,12-14,24H2,1H3. The van der Waals surface area contributed by atoms with E-state index < -0.39 is 5.82 Å². The van der Waals surface area contributed by atoms with Gasteiger partial charge in [-0.05, 0) is 42.0 Å². The van der Waals surface area contributed by atoms with Crippen LogP contribution in [0.2, 0.25) is 0 Å². The van der Waals surface area contributed by atoms with Crippen molar-refractivity contribution in [2.24, 2.45) is 5.73 Å². The lowest BCUT2D eigenvalue weighted by atomic mass is 10.1. The summed E-state index contributed by atoms with van der Waals surface area (Å²) in [6.07, 6.45) is 0.332. The van der Waals surface area contributed by atoms with E-state index in [0.717, 1.165) is 11.3 Å². The van der Waals surface area contributed by atoms with Crippen LogP contribution in [0.4, 0.5) is 10.1 Å². The van der Waals surface area contributed by atoms with Crippen molar-refractivity contribution in [1.29, 1.82) is 5.26 Å². The van der Waals surface area contributed by atoms with Gasteiger partial charge in [0, 0.05) is 25.2 Å². The molecular weight excluding hydrogens is 361 g/mol. The third-order valence-electron chi connectivity index (χ3n) is 4.58. The van der Waals surface area contributed by atoms with Crippen molar-refractivity contribution in [3.63, 3.8) is 0 Å². The first kappa shape index (κ1) is 20.1. The third-order valence-corrected chi connectivity index (χ3v) is 4.58. The third kappa shape index (κ3) is 5.20. The van der Waals surface area contributed by atoms with Crippen LogP contribution in [0.1, 0.15) is 17.5 Å². The van der Waals surface area contributed by atoms with Gasteiger partial charge in [0.1, 0.15) is 0 Å². The van der Waals surface area contributed by atoms with Gasteiger partial charge < -0.3 is 24.8 Å². The Morgan fingerprint density at radius 1 is 1.21 bits per heavy atom. The quantitative estimate of drug-likeness (QED) is 0.789. The summed E-state index contributed by atoms with van der Waals surface area (Å²) in [5, 5.41) is 9.02. The van der Waals surface area contributed by atoms with Crippen molar-refractivity contribution in [2.75, 3.05) is 31.8 Å². The zero-order valence-electron chi connectivity index (χ0n) is 15.8. The molecule has 2 N–H and O–H groups in total. The highest BCUT2D eigenvalue weighted by Crippen LogP contribution is 2.23. The molecule has 2 aromatic carbocycles. The number of halogens is 1. The first-order chi connectivity index (χ1) is 13.6. The molecule has 0 atom stereocenters. The Balaban J connectivity index is 1.73. The summed E-state index contributed by atoms with van der Waals surface area (Å²) in [5.74, 6) is -0.179. The zero-order chi connectivity index (χ0) is 19.9. The molecule has 1 fully saturated rings. The number of rotatable bonds is 7. The number of nitriles is 1. The fourth-order valence-corrected chi connectivity index (χ4v) is 3.06. The number of nitrogens with two attached hydrogens (primary N) is 1. The van der Waals surface area contributed by atoms with E-state index in [4.69, 9.17) is 25.2 Å². The molecule has 0 bridgehead atoms. The van der Waals surface area contributed by atoms with E-state index in [2.05, 4.69) is 11.0 Å². The Kier molecular flexibility index (Phi) is 6.82. The fraction of sp³-hybridized carbons (Fsp3) is 0.381. The second-order valence-electron chi connectivity index (χ2n) is 6.69. The van der Waals surface area contributed by atoms with Crippen molar-refractivity contribution in [1.82, 2.24) is 0 Å². The van der Waals surface area contributed by atoms with Gasteiger partial charge in [0.05, 0.1) is 38.0 Å². The number of nitrogens with zero attached hydrogens (tertiary/aromatic N) is 2. The van der Waals surface area contributed by atoms with Crippen LogP contribution in [-0.4, -0.2) is 39.2 Å². The molecule has 1 aliphatic heterocycles. The van der Waals surface area contributed by atoms with E-state index in [0.29, 0.717) is 38.3 Å². The van der Waals surface area contributed by atoms with Crippen LogP contribution in [0.5, 0.6) is 5.75 Å². The monoisotopic (exact) mass is 385 g/mol. The Bertz CT molecular complexity index is 815. The van der Waals surface area contributed by atoms with Crippen molar-refractivity contribution in [3.8, 4) is 11.8 Å². The average molecular weight is 385 g/mol. The maximum atomic E-state index is 14.1. The van der Waals surface area contributed by atoms with E-state index in [-0.39, 0.29) is 18.1 Å². The van der Waals surface area contributed by atoms with Gasteiger partial charge in [-0.25, -0.2) is 4.39 Å². The number of ether oxygens (including phenoxy) is 3. The van der Waals surface area contributed by atoms with E-state index in [9.17, 15) is 4.39 Å². The van der Waals surface area contributed by atoms with E-state index in [1.54, 1.807) is 18.2 Å². The van der Waals surface area contributed by atoms with Gasteiger partial charge >= 0.3 is 0 Å². The minimum atomic E-state index is -0.396. The minimum Gasteiger partial charge on any atom is -0.494 e. The second kappa shape index (κ2) is 9.51. The van der Waals surface area contributed by atoms with Crippen LogP contribution in [0, 0.1) is 17.1 Å². The molecule has 7 heteroatoms. The minimum absolute atomic E-state index is 0.0897. The smallest absolute Gasteiger partial charge is 0.165 e. The van der Waals surface area contributed by atoms with Gasteiger partial charge in [-0.1, -0.05) is 6.07 Å². The fourth-order valence-electron chi connectivity index (χ4n) is 3.06. The van der Waals surface area contributed by atoms with Crippen LogP contribution in [-0.2, 0) is 16.0 Å². The molecule has 0 aliphatic carbocycles. The summed E-state index contributed by atoms with van der Waals surface area (Å²) in [5.41, 5.74) is 8.12. The summed E-state index contributed by atoms with van der Waals surface area (Å²) in [7, 11) is 1.44. The van der Waals surface area contributed by atoms with E-state index in [1.165, 1.54) is 13.2 Å². The molecule has 0 amide bonds. The molecule has 1 heterocycles. The van der Waals surface area contributed by atoms with Crippen LogP contribution in [0.25, 0.3) is 0 Å². The highest BCUT2D eigenvalue weighted by Gasteiger charge is 2.20. The summed E-state index contributed by atoms with van der Waals surface area (Å²) in [6.45, 7) is 2.09. The molecule has 3 rings (SSSR count). The molecule has 0 saturated carbocycles. The highest BCUT2D eigenvalue weighted by molar-refractivity contribution is 5.50. The Morgan fingerprint density at radius 2 is 1.93 bits per heavy atom. The molecule has 0 radical (unpaired) electrons. The second-order valence-corrected chi connectivity index (χ2v) is 6.69. The molecule has 0 unspecified atom stereocenters. The maximum Gasteiger partial charge on any atom is 0.165 e. The van der Waals surface area contributed by atoms with E-state index in [1.807, 2.05) is 18.2 Å². The Hall–Kier alpha value is -2.66. The molecule has 6 nitrogen and oxygen atoms in total. The molecular formula is C21H24FN3O3. The predicted molar refractivity (Wildman–Crippen MR) is 103 cm³/mol. The predicted octanol–water partition coefficient (Wildman–Crippen LogP) is 2.80. The Labute approximate surface area is 164 Å². The number of benzene rings is 2. The number of hydrogen-bond acceptors (Lipinski definition) is 6. The Morgan fingerprint density at radius 3 is 2.54 bits per heavy atom. The van der Waals surface area contributed by atoms with Gasteiger partial charge in [-0.3, -0.25) is 0 Å². The summed E-state index contributed by atoms with van der Waals surface area (Å²) in [4.78, 5) is 2.10. The number of hydrogen-bond donors (Lipinski definition) is 1. The lowest BCUT2D eigenvalue weighted by Crippen LogP contribution is -2.42. The molecule has 1 aliphatic rings. The van der Waals surface area contributed by atoms with Crippen LogP contribution in [0.15, 0.2) is 42.5 Å². The highest BCUT2D eigenvalue weighted by atomic mass is 19.1. The number of methoxy groups -OCH3 is 1. The maximum absolute atomic E-state index is 14.1. The lowest BCUT2D eigenvalue weighted by Gasteiger charge is -2.31. The van der Waals surface area contributed by atoms with Crippen molar-refractivity contribution >= 4 is 5.69 Å². The van der Waals surface area contributed by atoms with Gasteiger partial charge in [0.2, 0.25) is 0 Å². The largest absolute Gasteiger partial charge is 0.494 e. The molecule has 1 saturated heterocycles. The summed E-state index contributed by atoms with van der Waals surface area (Å²) >= 11 is 0. The zero-order valence-corrected chi connectivity index (χ0v) is 15.8. The van der Waals surface area contributed by atoms with Crippen molar-refractivity contribution in [3.05, 3.63) is 59.4 Å². The van der Waals surface area contributed by atoms with Gasteiger partial charge in [0.25, 0.3) is 0 Å². The van der Waals surface area contributed by atoms with Gasteiger partial charge in [-0.15, -0.1) is 0 Å². The van der Waals surface area contributed by atoms with E-state index >= 15 is 0 Å². The van der Waals surface area contributed by atoms with Gasteiger partial charge in [-0.2, -0.15) is 5.26 Å². The first-order valence-corrected chi connectivity index (χ1v) is 9.15. The lowest BCUT2D eigenvalue weighted by molar-refractivity contribution is -0.186. The van der Waals surface area contributed by atoms with Gasteiger partial charge in [0.15, 0.2) is 17.9 Å². The molecule has 0 aromatic heterocycles. The summed E-state index contributed by atoms with van der Waals surface area (Å²) in [6, 6.07) is 14.3.